The molecule has 0 saturated heterocycles. The molecule has 2 aromatic rings. The summed E-state index contributed by atoms with van der Waals surface area (Å²) in [6.07, 6.45) is 4.76. The molecule has 1 aliphatic rings. The van der Waals surface area contributed by atoms with Crippen LogP contribution >= 0.6 is 0 Å². The number of hydrogen-bond acceptors (Lipinski definition) is 5. The molecule has 0 atom stereocenters. The van der Waals surface area contributed by atoms with Gasteiger partial charge in [0, 0.05) is 30.6 Å². The third kappa shape index (κ3) is 4.04. The topological polar surface area (TPSA) is 126 Å². The van der Waals surface area contributed by atoms with Crippen LogP contribution in [0.5, 0.6) is 0 Å². The number of hydrogen-bond donors (Lipinski definition) is 3. The quantitative estimate of drug-likeness (QED) is 0.699. The maximum Gasteiger partial charge on any atom is 0.325 e. The SMILES string of the molecule is Cc1[nH]c(=O)[nH]c(=O)c1CCC(=O)NCc1nnc2n1CCCCC2. The molecule has 0 aromatic carbocycles. The van der Waals surface area contributed by atoms with Crippen molar-refractivity contribution in [3.63, 3.8) is 0 Å². The summed E-state index contributed by atoms with van der Waals surface area (Å²) in [7, 11) is 0. The van der Waals surface area contributed by atoms with Crippen molar-refractivity contribution >= 4 is 5.91 Å². The van der Waals surface area contributed by atoms with Crippen molar-refractivity contribution in [2.24, 2.45) is 0 Å². The number of nitrogens with zero attached hydrogens (tertiary/aromatic N) is 3. The molecule has 0 fully saturated rings. The summed E-state index contributed by atoms with van der Waals surface area (Å²) in [6, 6.07) is 0. The highest BCUT2D eigenvalue weighted by Gasteiger charge is 2.15. The molecule has 0 spiro atoms. The lowest BCUT2D eigenvalue weighted by Crippen LogP contribution is -2.29. The molecule has 0 unspecified atom stereocenters. The van der Waals surface area contributed by atoms with Gasteiger partial charge in [-0.3, -0.25) is 14.6 Å². The number of carbonyl (C=O) groups excluding carboxylic acids is 1. The average molecular weight is 346 g/mol. The zero-order chi connectivity index (χ0) is 17.8. The molecule has 3 heterocycles. The second-order valence-corrected chi connectivity index (χ2v) is 6.28. The highest BCUT2D eigenvalue weighted by atomic mass is 16.2. The zero-order valence-electron chi connectivity index (χ0n) is 14.2. The standard InChI is InChI=1S/C16H22N6O3/c1-10-11(15(24)19-16(25)18-10)6-7-14(23)17-9-13-21-20-12-5-3-2-4-8-22(12)13/h2-9H2,1H3,(H,17,23)(H2,18,19,24,25). The third-order valence-corrected chi connectivity index (χ3v) is 4.49. The van der Waals surface area contributed by atoms with Gasteiger partial charge >= 0.3 is 5.69 Å². The van der Waals surface area contributed by atoms with E-state index in [0.29, 0.717) is 17.8 Å². The van der Waals surface area contributed by atoms with Crippen molar-refractivity contribution in [2.45, 2.75) is 58.5 Å². The van der Waals surface area contributed by atoms with Gasteiger partial charge in [-0.1, -0.05) is 6.42 Å². The van der Waals surface area contributed by atoms with E-state index < -0.39 is 11.2 Å². The minimum absolute atomic E-state index is 0.164. The van der Waals surface area contributed by atoms with E-state index in [1.165, 1.54) is 6.42 Å². The Labute approximate surface area is 143 Å². The maximum absolute atomic E-state index is 12.1. The number of fused-ring (bicyclic) bond motifs is 1. The lowest BCUT2D eigenvalue weighted by atomic mass is 10.1. The monoisotopic (exact) mass is 346 g/mol. The van der Waals surface area contributed by atoms with E-state index in [9.17, 15) is 14.4 Å². The molecule has 2 aromatic heterocycles. The molecule has 1 aliphatic heterocycles. The van der Waals surface area contributed by atoms with E-state index >= 15 is 0 Å². The van der Waals surface area contributed by atoms with Gasteiger partial charge in [-0.2, -0.15) is 0 Å². The molecule has 134 valence electrons. The second-order valence-electron chi connectivity index (χ2n) is 6.28. The van der Waals surface area contributed by atoms with Crippen molar-refractivity contribution in [1.82, 2.24) is 30.0 Å². The highest BCUT2D eigenvalue weighted by molar-refractivity contribution is 5.76. The fourth-order valence-corrected chi connectivity index (χ4v) is 3.11. The van der Waals surface area contributed by atoms with Gasteiger partial charge in [0.1, 0.15) is 5.82 Å². The zero-order valence-corrected chi connectivity index (χ0v) is 14.2. The normalized spacial score (nSPS) is 14.0. The first-order valence-electron chi connectivity index (χ1n) is 8.54. The van der Waals surface area contributed by atoms with Gasteiger partial charge in [-0.05, 0) is 26.2 Å². The van der Waals surface area contributed by atoms with Crippen molar-refractivity contribution in [3.05, 3.63) is 43.7 Å². The Bertz CT molecular complexity index is 879. The molecule has 0 saturated carbocycles. The van der Waals surface area contributed by atoms with Crippen molar-refractivity contribution in [1.29, 1.82) is 0 Å². The number of H-pyrrole nitrogens is 2. The van der Waals surface area contributed by atoms with E-state index in [0.717, 1.165) is 37.5 Å². The third-order valence-electron chi connectivity index (χ3n) is 4.49. The summed E-state index contributed by atoms with van der Waals surface area (Å²) >= 11 is 0. The molecule has 3 rings (SSSR count). The van der Waals surface area contributed by atoms with Crippen molar-refractivity contribution < 1.29 is 4.79 Å². The van der Waals surface area contributed by atoms with E-state index in [-0.39, 0.29) is 18.7 Å². The number of nitrogens with one attached hydrogen (secondary N) is 3. The Morgan fingerprint density at radius 1 is 1.20 bits per heavy atom. The summed E-state index contributed by atoms with van der Waals surface area (Å²) in [4.78, 5) is 39.7. The highest BCUT2D eigenvalue weighted by Crippen LogP contribution is 2.14. The van der Waals surface area contributed by atoms with Crippen molar-refractivity contribution in [2.75, 3.05) is 0 Å². The van der Waals surface area contributed by atoms with Gasteiger partial charge in [0.05, 0.1) is 6.54 Å². The Kier molecular flexibility index (Phi) is 5.11. The van der Waals surface area contributed by atoms with Gasteiger partial charge < -0.3 is 14.9 Å². The Morgan fingerprint density at radius 2 is 2.04 bits per heavy atom. The largest absolute Gasteiger partial charge is 0.349 e. The van der Waals surface area contributed by atoms with E-state index in [2.05, 4.69) is 30.0 Å². The number of carbonyl (C=O) groups is 1. The first kappa shape index (κ1) is 17.1. The molecule has 0 aliphatic carbocycles. The molecular weight excluding hydrogens is 324 g/mol. The molecule has 0 radical (unpaired) electrons. The van der Waals surface area contributed by atoms with Crippen LogP contribution in [0.15, 0.2) is 9.59 Å². The van der Waals surface area contributed by atoms with Gasteiger partial charge in [0.15, 0.2) is 5.82 Å². The average Bonchev–Trinajstić information content (AvgIpc) is 2.78. The van der Waals surface area contributed by atoms with Gasteiger partial charge in [0.2, 0.25) is 5.91 Å². The van der Waals surface area contributed by atoms with Gasteiger partial charge in [-0.25, -0.2) is 4.79 Å². The van der Waals surface area contributed by atoms with Crippen molar-refractivity contribution in [3.8, 4) is 0 Å². The van der Waals surface area contributed by atoms with E-state index in [4.69, 9.17) is 0 Å². The molecule has 25 heavy (non-hydrogen) atoms. The fourth-order valence-electron chi connectivity index (χ4n) is 3.11. The second kappa shape index (κ2) is 7.45. The van der Waals surface area contributed by atoms with Crippen LogP contribution < -0.4 is 16.6 Å². The molecule has 9 nitrogen and oxygen atoms in total. The first-order chi connectivity index (χ1) is 12.0. The number of aromatic amines is 2. The minimum Gasteiger partial charge on any atom is -0.349 e. The molecule has 1 amide bonds. The van der Waals surface area contributed by atoms with Crippen LogP contribution in [0.3, 0.4) is 0 Å². The molecule has 0 bridgehead atoms. The molecule has 3 N–H and O–H groups in total. The molecular formula is C16H22N6O3. The van der Waals surface area contributed by atoms with Gasteiger partial charge in [-0.15, -0.1) is 10.2 Å². The minimum atomic E-state index is -0.539. The van der Waals surface area contributed by atoms with Crippen LogP contribution in [0.1, 0.15) is 48.6 Å². The predicted molar refractivity (Wildman–Crippen MR) is 90.2 cm³/mol. The van der Waals surface area contributed by atoms with E-state index in [1.54, 1.807) is 6.92 Å². The van der Waals surface area contributed by atoms with Crippen LogP contribution in [-0.2, 0) is 30.7 Å². The van der Waals surface area contributed by atoms with Crippen LogP contribution in [0, 0.1) is 6.92 Å². The fraction of sp³-hybridized carbons (Fsp3) is 0.562. The summed E-state index contributed by atoms with van der Waals surface area (Å²) in [6.45, 7) is 2.86. The van der Waals surface area contributed by atoms with Crippen LogP contribution in [-0.4, -0.2) is 30.6 Å². The van der Waals surface area contributed by atoms with Crippen LogP contribution in [0.2, 0.25) is 0 Å². The lowest BCUT2D eigenvalue weighted by Gasteiger charge is -2.08. The number of aromatic nitrogens is 5. The van der Waals surface area contributed by atoms with Crippen LogP contribution in [0.4, 0.5) is 0 Å². The Morgan fingerprint density at radius 3 is 2.84 bits per heavy atom. The lowest BCUT2D eigenvalue weighted by molar-refractivity contribution is -0.121. The summed E-state index contributed by atoms with van der Waals surface area (Å²) in [5.41, 5.74) is -0.0737. The summed E-state index contributed by atoms with van der Waals surface area (Å²) in [5, 5.41) is 11.2. The smallest absolute Gasteiger partial charge is 0.325 e. The predicted octanol–water partition coefficient (Wildman–Crippen LogP) is -0.0615. The summed E-state index contributed by atoms with van der Waals surface area (Å²) in [5.74, 6) is 1.58. The van der Waals surface area contributed by atoms with Gasteiger partial charge in [0.25, 0.3) is 5.56 Å². The first-order valence-corrected chi connectivity index (χ1v) is 8.54. The van der Waals surface area contributed by atoms with Crippen LogP contribution in [0.25, 0.3) is 0 Å². The summed E-state index contributed by atoms with van der Waals surface area (Å²) < 4.78 is 2.09. The Hall–Kier alpha value is -2.71. The molecule has 9 heteroatoms. The Balaban J connectivity index is 1.57. The maximum atomic E-state index is 12.1. The van der Waals surface area contributed by atoms with E-state index in [1.807, 2.05) is 0 Å². The number of amides is 1. The number of rotatable bonds is 5. The number of aryl methyl sites for hydroxylation is 2.